The number of carbonyl (C=O) groups excluding carboxylic acids is 2. The summed E-state index contributed by atoms with van der Waals surface area (Å²) in [6, 6.07) is 16.2. The van der Waals surface area contributed by atoms with Gasteiger partial charge >= 0.3 is 5.97 Å². The standard InChI is InChI=1S/C22H17Cl2NO3/c1-2-15-20-19(28-22(15)27)11-18(25(20)12-13-6-4-3-5-7-13)21(26)16-9-8-14(23)10-17(16)24/h3-11,15H,2,12H2,1H3. The van der Waals surface area contributed by atoms with Crippen LogP contribution in [0.4, 0.5) is 0 Å². The van der Waals surface area contributed by atoms with Gasteiger partial charge in [-0.05, 0) is 30.2 Å². The molecular formula is C22H17Cl2NO3. The number of halogens is 2. The molecule has 0 amide bonds. The van der Waals surface area contributed by atoms with Crippen molar-refractivity contribution in [3.8, 4) is 5.75 Å². The van der Waals surface area contributed by atoms with E-state index < -0.39 is 0 Å². The summed E-state index contributed by atoms with van der Waals surface area (Å²) in [4.78, 5) is 25.5. The quantitative estimate of drug-likeness (QED) is 0.410. The van der Waals surface area contributed by atoms with Crippen molar-refractivity contribution in [1.82, 2.24) is 4.57 Å². The molecule has 0 N–H and O–H groups in total. The maximum Gasteiger partial charge on any atom is 0.320 e. The predicted octanol–water partition coefficient (Wildman–Crippen LogP) is 5.49. The van der Waals surface area contributed by atoms with Gasteiger partial charge in [-0.1, -0.05) is 60.5 Å². The molecule has 0 bridgehead atoms. The molecule has 1 aliphatic rings. The molecule has 1 aromatic heterocycles. The molecule has 0 aliphatic carbocycles. The first-order valence-electron chi connectivity index (χ1n) is 8.98. The third-order valence-corrected chi connectivity index (χ3v) is 5.47. The van der Waals surface area contributed by atoms with Crippen LogP contribution in [0.15, 0.2) is 54.6 Å². The van der Waals surface area contributed by atoms with E-state index >= 15 is 0 Å². The van der Waals surface area contributed by atoms with Crippen LogP contribution in [-0.2, 0) is 11.3 Å². The highest BCUT2D eigenvalue weighted by atomic mass is 35.5. The number of nitrogens with zero attached hydrogens (tertiary/aromatic N) is 1. The average molecular weight is 414 g/mol. The fourth-order valence-electron chi connectivity index (χ4n) is 3.57. The first-order valence-corrected chi connectivity index (χ1v) is 9.74. The fourth-order valence-corrected chi connectivity index (χ4v) is 4.06. The Labute approximate surface area is 172 Å². The van der Waals surface area contributed by atoms with Gasteiger partial charge < -0.3 is 9.30 Å². The molecule has 142 valence electrons. The van der Waals surface area contributed by atoms with Crippen LogP contribution in [0.1, 0.15) is 46.6 Å². The second-order valence-electron chi connectivity index (χ2n) is 6.69. The van der Waals surface area contributed by atoms with Crippen molar-refractivity contribution >= 4 is 35.0 Å². The molecule has 1 unspecified atom stereocenters. The van der Waals surface area contributed by atoms with Gasteiger partial charge in [0.25, 0.3) is 0 Å². The molecule has 1 atom stereocenters. The fraction of sp³-hybridized carbons (Fsp3) is 0.182. The van der Waals surface area contributed by atoms with Crippen LogP contribution in [0.2, 0.25) is 10.0 Å². The molecule has 4 nitrogen and oxygen atoms in total. The topological polar surface area (TPSA) is 48.3 Å². The third-order valence-electron chi connectivity index (χ3n) is 4.93. The zero-order valence-corrected chi connectivity index (χ0v) is 16.6. The van der Waals surface area contributed by atoms with Gasteiger partial charge in [0.2, 0.25) is 5.78 Å². The Hall–Kier alpha value is -2.56. The summed E-state index contributed by atoms with van der Waals surface area (Å²) in [6.45, 7) is 2.38. The number of rotatable bonds is 5. The Balaban J connectivity index is 1.84. The van der Waals surface area contributed by atoms with Gasteiger partial charge in [0.05, 0.1) is 16.4 Å². The van der Waals surface area contributed by atoms with Crippen LogP contribution in [-0.4, -0.2) is 16.3 Å². The maximum atomic E-state index is 13.3. The van der Waals surface area contributed by atoms with Crippen molar-refractivity contribution in [2.45, 2.75) is 25.8 Å². The van der Waals surface area contributed by atoms with E-state index in [0.29, 0.717) is 35.0 Å². The minimum absolute atomic E-state index is 0.238. The van der Waals surface area contributed by atoms with Gasteiger partial charge in [-0.25, -0.2) is 0 Å². The monoisotopic (exact) mass is 413 g/mol. The minimum Gasteiger partial charge on any atom is -0.424 e. The summed E-state index contributed by atoms with van der Waals surface area (Å²) in [6.07, 6.45) is 0.597. The molecule has 3 aromatic rings. The summed E-state index contributed by atoms with van der Waals surface area (Å²) in [5.74, 6) is -0.460. The molecule has 6 heteroatoms. The Morgan fingerprint density at radius 3 is 2.54 bits per heavy atom. The molecule has 0 spiro atoms. The van der Waals surface area contributed by atoms with Gasteiger partial charge in [0.1, 0.15) is 5.92 Å². The maximum absolute atomic E-state index is 13.3. The first-order chi connectivity index (χ1) is 13.5. The van der Waals surface area contributed by atoms with Crippen molar-refractivity contribution in [2.75, 3.05) is 0 Å². The van der Waals surface area contributed by atoms with E-state index in [2.05, 4.69) is 0 Å². The van der Waals surface area contributed by atoms with E-state index in [4.69, 9.17) is 27.9 Å². The van der Waals surface area contributed by atoms with Crippen molar-refractivity contribution in [3.05, 3.63) is 87.2 Å². The number of benzene rings is 2. The zero-order valence-electron chi connectivity index (χ0n) is 15.1. The lowest BCUT2D eigenvalue weighted by Gasteiger charge is -2.15. The second-order valence-corrected chi connectivity index (χ2v) is 7.53. The molecular weight excluding hydrogens is 397 g/mol. The number of carbonyl (C=O) groups is 2. The number of aromatic nitrogens is 1. The summed E-state index contributed by atoms with van der Waals surface area (Å²) in [7, 11) is 0. The normalized spacial score (nSPS) is 15.4. The Bertz CT molecular complexity index is 1070. The van der Waals surface area contributed by atoms with Crippen molar-refractivity contribution in [1.29, 1.82) is 0 Å². The average Bonchev–Trinajstić information content (AvgIpc) is 3.17. The highest BCUT2D eigenvalue weighted by molar-refractivity contribution is 6.37. The van der Waals surface area contributed by atoms with E-state index in [1.165, 1.54) is 0 Å². The van der Waals surface area contributed by atoms with Crippen molar-refractivity contribution in [3.63, 3.8) is 0 Å². The summed E-state index contributed by atoms with van der Waals surface area (Å²) >= 11 is 12.2. The molecule has 2 aromatic carbocycles. The largest absolute Gasteiger partial charge is 0.424 e. The Kier molecular flexibility index (Phi) is 5.00. The third kappa shape index (κ3) is 3.23. The highest BCUT2D eigenvalue weighted by Gasteiger charge is 2.38. The van der Waals surface area contributed by atoms with Crippen LogP contribution in [0.3, 0.4) is 0 Å². The molecule has 4 rings (SSSR count). The lowest BCUT2D eigenvalue weighted by atomic mass is 10.0. The van der Waals surface area contributed by atoms with Crippen molar-refractivity contribution in [2.24, 2.45) is 0 Å². The van der Waals surface area contributed by atoms with Crippen LogP contribution < -0.4 is 4.74 Å². The van der Waals surface area contributed by atoms with E-state index in [0.717, 1.165) is 11.3 Å². The van der Waals surface area contributed by atoms with Gasteiger partial charge in [0.15, 0.2) is 5.75 Å². The summed E-state index contributed by atoms with van der Waals surface area (Å²) in [5, 5.41) is 0.748. The summed E-state index contributed by atoms with van der Waals surface area (Å²) in [5.41, 5.74) is 2.55. The number of hydrogen-bond acceptors (Lipinski definition) is 3. The van der Waals surface area contributed by atoms with Gasteiger partial charge in [-0.2, -0.15) is 0 Å². The molecule has 1 aliphatic heterocycles. The van der Waals surface area contributed by atoms with E-state index in [1.807, 2.05) is 41.8 Å². The molecule has 28 heavy (non-hydrogen) atoms. The Morgan fingerprint density at radius 1 is 1.11 bits per heavy atom. The minimum atomic E-state index is -0.388. The van der Waals surface area contributed by atoms with Gasteiger partial charge in [0, 0.05) is 23.2 Å². The van der Waals surface area contributed by atoms with Crippen LogP contribution in [0.5, 0.6) is 5.75 Å². The number of ether oxygens (including phenoxy) is 1. The highest BCUT2D eigenvalue weighted by Crippen LogP contribution is 2.40. The predicted molar refractivity (Wildman–Crippen MR) is 109 cm³/mol. The lowest BCUT2D eigenvalue weighted by Crippen LogP contribution is -2.18. The van der Waals surface area contributed by atoms with Crippen molar-refractivity contribution < 1.29 is 14.3 Å². The molecule has 0 radical (unpaired) electrons. The van der Waals surface area contributed by atoms with Crippen LogP contribution in [0, 0.1) is 0 Å². The number of esters is 1. The Morgan fingerprint density at radius 2 is 1.86 bits per heavy atom. The van der Waals surface area contributed by atoms with E-state index in [-0.39, 0.29) is 22.7 Å². The molecule has 2 heterocycles. The van der Waals surface area contributed by atoms with E-state index in [9.17, 15) is 9.59 Å². The smallest absolute Gasteiger partial charge is 0.320 e. The molecule has 0 saturated carbocycles. The number of hydrogen-bond donors (Lipinski definition) is 0. The second kappa shape index (κ2) is 7.46. The SMILES string of the molecule is CCC1C(=O)Oc2cc(C(=O)c3ccc(Cl)cc3Cl)n(Cc3ccccc3)c21. The van der Waals surface area contributed by atoms with Crippen LogP contribution >= 0.6 is 23.2 Å². The zero-order chi connectivity index (χ0) is 19.8. The lowest BCUT2D eigenvalue weighted by molar-refractivity contribution is -0.134. The number of ketones is 1. The van der Waals surface area contributed by atoms with Gasteiger partial charge in [-0.15, -0.1) is 0 Å². The van der Waals surface area contributed by atoms with E-state index in [1.54, 1.807) is 24.3 Å². The summed E-state index contributed by atoms with van der Waals surface area (Å²) < 4.78 is 7.31. The first kappa shape index (κ1) is 18.8. The number of fused-ring (bicyclic) bond motifs is 1. The van der Waals surface area contributed by atoms with Crippen LogP contribution in [0.25, 0.3) is 0 Å². The molecule has 0 fully saturated rings. The van der Waals surface area contributed by atoms with Gasteiger partial charge in [-0.3, -0.25) is 9.59 Å². The molecule has 0 saturated heterocycles.